The molecule has 0 saturated carbocycles. The third-order valence-electron chi connectivity index (χ3n) is 8.44. The third kappa shape index (κ3) is 8.52. The summed E-state index contributed by atoms with van der Waals surface area (Å²) in [5.74, 6) is -2.10. The first-order chi connectivity index (χ1) is 25.8. The summed E-state index contributed by atoms with van der Waals surface area (Å²) in [7, 11) is -12.7. The second-order valence-corrected chi connectivity index (χ2v) is 15.6. The number of nitrogens with zero attached hydrogens (tertiary/aromatic N) is 1. The van der Waals surface area contributed by atoms with Crippen LogP contribution in [0.4, 0.5) is 26.3 Å². The molecule has 5 aromatic carbocycles. The van der Waals surface area contributed by atoms with E-state index in [4.69, 9.17) is 4.98 Å². The van der Waals surface area contributed by atoms with Crippen molar-refractivity contribution >= 4 is 20.2 Å². The van der Waals surface area contributed by atoms with Gasteiger partial charge in [0.2, 0.25) is 0 Å². The maximum atomic E-state index is 13.3. The first kappa shape index (κ1) is 39.0. The van der Waals surface area contributed by atoms with E-state index in [9.17, 15) is 43.2 Å². The monoisotopic (exact) mass is 797 g/mol. The van der Waals surface area contributed by atoms with Crippen LogP contribution in [0.2, 0.25) is 0 Å². The maximum absolute atomic E-state index is 13.3. The van der Waals surface area contributed by atoms with Crippen LogP contribution in [0.5, 0.6) is 11.5 Å². The molecule has 0 spiro atoms. The Morgan fingerprint density at radius 3 is 1.56 bits per heavy atom. The second kappa shape index (κ2) is 14.9. The fourth-order valence-electron chi connectivity index (χ4n) is 5.74. The van der Waals surface area contributed by atoms with Crippen LogP contribution in [-0.4, -0.2) is 32.8 Å². The molecule has 0 fully saturated rings. The number of pyridine rings is 1. The van der Waals surface area contributed by atoms with Gasteiger partial charge >= 0.3 is 31.3 Å². The molecular weight excluding hydrogens is 769 g/mol. The van der Waals surface area contributed by atoms with Crippen molar-refractivity contribution in [2.24, 2.45) is 0 Å². The van der Waals surface area contributed by atoms with Gasteiger partial charge in [0.15, 0.2) is 0 Å². The van der Waals surface area contributed by atoms with Crippen LogP contribution < -0.4 is 8.37 Å². The Hall–Kier alpha value is -5.67. The Balaban J connectivity index is 1.55. The summed E-state index contributed by atoms with van der Waals surface area (Å²) in [4.78, 5) is 4.74. The van der Waals surface area contributed by atoms with E-state index in [1.54, 1.807) is 18.3 Å². The van der Waals surface area contributed by atoms with Crippen molar-refractivity contribution in [1.82, 2.24) is 4.98 Å². The van der Waals surface area contributed by atoms with Crippen molar-refractivity contribution in [1.29, 1.82) is 0 Å². The molecule has 6 rings (SSSR count). The molecule has 0 aliphatic heterocycles. The van der Waals surface area contributed by atoms with Crippen LogP contribution in [0.3, 0.4) is 0 Å². The fraction of sp³-hybridized carbons (Fsp3) is 0.125. The number of alkyl halides is 6. The molecule has 0 aliphatic rings. The van der Waals surface area contributed by atoms with Crippen LogP contribution in [0.1, 0.15) is 25.3 Å². The van der Waals surface area contributed by atoms with Gasteiger partial charge in [0, 0.05) is 23.4 Å². The van der Waals surface area contributed by atoms with Gasteiger partial charge in [-0.25, -0.2) is 0 Å². The Morgan fingerprint density at radius 1 is 0.491 bits per heavy atom. The summed E-state index contributed by atoms with van der Waals surface area (Å²) in [6.45, 7) is 4.11. The van der Waals surface area contributed by atoms with Crippen molar-refractivity contribution in [2.75, 3.05) is 0 Å². The highest BCUT2D eigenvalue weighted by Crippen LogP contribution is 2.43. The largest absolute Gasteiger partial charge is 0.534 e. The topological polar surface area (TPSA) is 99.6 Å². The van der Waals surface area contributed by atoms with E-state index in [1.807, 2.05) is 84.9 Å². The third-order valence-corrected chi connectivity index (χ3v) is 10.4. The molecule has 1 aromatic heterocycles. The molecule has 7 nitrogen and oxygen atoms in total. The molecule has 0 N–H and O–H groups in total. The van der Waals surface area contributed by atoms with E-state index in [2.05, 4.69) is 22.2 Å². The van der Waals surface area contributed by atoms with Gasteiger partial charge in [-0.15, -0.1) is 0 Å². The molecule has 0 saturated heterocycles. The standard InChI is InChI=1S/C40H29F6NO6S2/c1-25(2)29-11-8-12-30(19-29)38-23-36(28-17-15-27(16-18-28)26-9-4-3-5-10-26)37(24-47-38)35-14-7-6-13-34(35)31-20-32(52-54(48,49)39(41,42)43)22-33(21-31)53-55(50,51)40(44,45)46/h3-25H,1-2H3. The van der Waals surface area contributed by atoms with Gasteiger partial charge in [0.25, 0.3) is 0 Å². The van der Waals surface area contributed by atoms with E-state index in [1.165, 1.54) is 12.1 Å². The molecule has 0 bridgehead atoms. The van der Waals surface area contributed by atoms with Crippen molar-refractivity contribution < 1.29 is 51.5 Å². The number of aromatic nitrogens is 1. The zero-order valence-electron chi connectivity index (χ0n) is 28.8. The van der Waals surface area contributed by atoms with E-state index >= 15 is 0 Å². The molecule has 0 unspecified atom stereocenters. The molecule has 0 amide bonds. The van der Waals surface area contributed by atoms with Crippen molar-refractivity contribution in [2.45, 2.75) is 30.8 Å². The lowest BCUT2D eigenvalue weighted by Crippen LogP contribution is -2.29. The molecule has 15 heteroatoms. The second-order valence-electron chi connectivity index (χ2n) is 12.5. The summed E-state index contributed by atoms with van der Waals surface area (Å²) in [6, 6.07) is 35.1. The minimum atomic E-state index is -6.34. The Kier molecular flexibility index (Phi) is 10.6. The highest BCUT2D eigenvalue weighted by molar-refractivity contribution is 7.88. The van der Waals surface area contributed by atoms with Crippen LogP contribution in [0.25, 0.3) is 55.8 Å². The summed E-state index contributed by atoms with van der Waals surface area (Å²) in [5, 5.41) is 0. The summed E-state index contributed by atoms with van der Waals surface area (Å²) >= 11 is 0. The van der Waals surface area contributed by atoms with E-state index in [0.29, 0.717) is 28.5 Å². The number of hydrogen-bond acceptors (Lipinski definition) is 7. The quantitative estimate of drug-likeness (QED) is 0.0773. The number of rotatable bonds is 10. The van der Waals surface area contributed by atoms with Crippen LogP contribution in [0, 0.1) is 0 Å². The number of halogens is 6. The molecule has 284 valence electrons. The maximum Gasteiger partial charge on any atom is 0.534 e. The Morgan fingerprint density at radius 2 is 1.00 bits per heavy atom. The lowest BCUT2D eigenvalue weighted by atomic mass is 9.89. The molecule has 6 aromatic rings. The van der Waals surface area contributed by atoms with Gasteiger partial charge in [0.1, 0.15) is 11.5 Å². The van der Waals surface area contributed by atoms with Gasteiger partial charge in [-0.1, -0.05) is 111 Å². The van der Waals surface area contributed by atoms with Crippen molar-refractivity contribution in [3.63, 3.8) is 0 Å². The minimum Gasteiger partial charge on any atom is -0.376 e. The predicted molar refractivity (Wildman–Crippen MR) is 197 cm³/mol. The highest BCUT2D eigenvalue weighted by atomic mass is 32.2. The minimum absolute atomic E-state index is 0.130. The smallest absolute Gasteiger partial charge is 0.376 e. The Labute approximate surface area is 313 Å². The van der Waals surface area contributed by atoms with Gasteiger partial charge < -0.3 is 8.37 Å². The Bertz CT molecular complexity index is 2510. The first-order valence-electron chi connectivity index (χ1n) is 16.4. The van der Waals surface area contributed by atoms with E-state index < -0.39 is 42.8 Å². The molecule has 0 radical (unpaired) electrons. The first-order valence-corrected chi connectivity index (χ1v) is 19.2. The lowest BCUT2D eigenvalue weighted by molar-refractivity contribution is -0.0502. The summed E-state index contributed by atoms with van der Waals surface area (Å²) in [5.41, 5.74) is -5.39. The van der Waals surface area contributed by atoms with E-state index in [0.717, 1.165) is 39.9 Å². The van der Waals surface area contributed by atoms with Crippen molar-refractivity contribution in [3.05, 3.63) is 139 Å². The average Bonchev–Trinajstić information content (AvgIpc) is 3.14. The molecular formula is C40H29F6NO6S2. The molecule has 1 heterocycles. The lowest BCUT2D eigenvalue weighted by Gasteiger charge is -2.18. The van der Waals surface area contributed by atoms with Gasteiger partial charge in [-0.2, -0.15) is 43.2 Å². The fourth-order valence-corrected chi connectivity index (χ4v) is 6.63. The van der Waals surface area contributed by atoms with Gasteiger partial charge in [0.05, 0.1) is 5.69 Å². The molecule has 55 heavy (non-hydrogen) atoms. The summed E-state index contributed by atoms with van der Waals surface area (Å²) in [6.07, 6.45) is 1.57. The number of benzene rings is 5. The van der Waals surface area contributed by atoms with Gasteiger partial charge in [-0.3, -0.25) is 4.98 Å². The van der Waals surface area contributed by atoms with Crippen molar-refractivity contribution in [3.8, 4) is 67.3 Å². The predicted octanol–water partition coefficient (Wildman–Crippen LogP) is 11.0. The molecule has 0 atom stereocenters. The zero-order chi connectivity index (χ0) is 39.8. The SMILES string of the molecule is CC(C)c1cccc(-c2cc(-c3ccc(-c4ccccc4)cc3)c(-c3ccccc3-c3cc(OS(=O)(=O)C(F)(F)F)cc(OS(=O)(=O)C(F)(F)F)c3)cn2)c1. The highest BCUT2D eigenvalue weighted by Gasteiger charge is 2.50. The average molecular weight is 798 g/mol. The van der Waals surface area contributed by atoms with Crippen LogP contribution in [-0.2, 0) is 20.2 Å². The zero-order valence-corrected chi connectivity index (χ0v) is 30.4. The number of hydrogen-bond donors (Lipinski definition) is 0. The summed E-state index contributed by atoms with van der Waals surface area (Å²) < 4.78 is 136. The normalized spacial score (nSPS) is 12.5. The van der Waals surface area contributed by atoms with Crippen LogP contribution in [0.15, 0.2) is 134 Å². The van der Waals surface area contributed by atoms with Crippen LogP contribution >= 0.6 is 0 Å². The molecule has 0 aliphatic carbocycles. The van der Waals surface area contributed by atoms with Gasteiger partial charge in [-0.05, 0) is 74.7 Å². The van der Waals surface area contributed by atoms with E-state index in [-0.39, 0.29) is 17.0 Å².